The molecule has 0 spiro atoms. The van der Waals surface area contributed by atoms with Crippen LogP contribution in [0.15, 0.2) is 23.1 Å². The summed E-state index contributed by atoms with van der Waals surface area (Å²) in [6, 6.07) is 3.59. The van der Waals surface area contributed by atoms with E-state index in [-0.39, 0.29) is 22.3 Å². The Bertz CT molecular complexity index is 647. The highest BCUT2D eigenvalue weighted by Crippen LogP contribution is 2.27. The van der Waals surface area contributed by atoms with E-state index >= 15 is 0 Å². The highest BCUT2D eigenvalue weighted by Gasteiger charge is 2.26. The van der Waals surface area contributed by atoms with Crippen LogP contribution < -0.4 is 10.0 Å². The zero-order valence-corrected chi connectivity index (χ0v) is 12.7. The number of sulfonamides is 1. The molecule has 0 aliphatic carbocycles. The van der Waals surface area contributed by atoms with Crippen LogP contribution in [0.2, 0.25) is 0 Å². The lowest BCUT2D eigenvalue weighted by Crippen LogP contribution is -2.36. The molecule has 1 aliphatic rings. The Morgan fingerprint density at radius 2 is 2.14 bits per heavy atom. The maximum Gasteiger partial charge on any atom is 0.292 e. The van der Waals surface area contributed by atoms with Crippen LogP contribution in [-0.2, 0) is 10.0 Å². The molecule has 9 heteroatoms. The van der Waals surface area contributed by atoms with Gasteiger partial charge in [0.05, 0.1) is 9.82 Å². The largest absolute Gasteiger partial charge is 0.383 e. The van der Waals surface area contributed by atoms with Crippen molar-refractivity contribution >= 4 is 21.4 Å². The van der Waals surface area contributed by atoms with E-state index in [1.165, 1.54) is 25.2 Å². The highest BCUT2D eigenvalue weighted by atomic mass is 32.2. The van der Waals surface area contributed by atoms with Crippen molar-refractivity contribution in [2.75, 3.05) is 32.5 Å². The quantitative estimate of drug-likeness (QED) is 0.610. The van der Waals surface area contributed by atoms with E-state index in [1.807, 2.05) is 11.9 Å². The fourth-order valence-electron chi connectivity index (χ4n) is 2.36. The number of nitro benzene ring substituents is 1. The predicted octanol–water partition coefficient (Wildman–Crippen LogP) is 0.619. The van der Waals surface area contributed by atoms with E-state index in [0.29, 0.717) is 6.54 Å². The van der Waals surface area contributed by atoms with Crippen molar-refractivity contribution in [2.24, 2.45) is 0 Å². The molecule has 0 aromatic heterocycles. The van der Waals surface area contributed by atoms with Crippen LogP contribution in [0.3, 0.4) is 0 Å². The standard InChI is InChI=1S/C12H18N4O4S/c1-13-11-7-10(3-4-12(11)16(17)18)21(19,20)14-9-5-6-15(2)8-9/h3-4,7,9,13-14H,5-6,8H2,1-2H3. The molecule has 1 heterocycles. The van der Waals surface area contributed by atoms with E-state index in [4.69, 9.17) is 0 Å². The average Bonchev–Trinajstić information content (AvgIpc) is 2.82. The molecular formula is C12H18N4O4S. The first-order valence-electron chi connectivity index (χ1n) is 6.50. The first-order chi connectivity index (χ1) is 9.83. The van der Waals surface area contributed by atoms with Crippen molar-refractivity contribution < 1.29 is 13.3 Å². The number of likely N-dealkylation sites (N-methyl/N-ethyl adjacent to an activating group) is 1. The van der Waals surface area contributed by atoms with Gasteiger partial charge < -0.3 is 10.2 Å². The third-order valence-electron chi connectivity index (χ3n) is 3.46. The summed E-state index contributed by atoms with van der Waals surface area (Å²) in [5.74, 6) is 0. The average molecular weight is 314 g/mol. The lowest BCUT2D eigenvalue weighted by molar-refractivity contribution is -0.384. The molecule has 0 saturated carbocycles. The van der Waals surface area contributed by atoms with Crippen LogP contribution in [0.4, 0.5) is 11.4 Å². The van der Waals surface area contributed by atoms with Gasteiger partial charge in [0, 0.05) is 25.7 Å². The number of rotatable bonds is 5. The van der Waals surface area contributed by atoms with Crippen LogP contribution >= 0.6 is 0 Å². The SMILES string of the molecule is CNc1cc(S(=O)(=O)NC2CCN(C)C2)ccc1[N+](=O)[O-]. The van der Waals surface area contributed by atoms with Crippen molar-refractivity contribution in [1.29, 1.82) is 0 Å². The maximum atomic E-state index is 12.3. The van der Waals surface area contributed by atoms with Gasteiger partial charge in [-0.25, -0.2) is 13.1 Å². The zero-order valence-electron chi connectivity index (χ0n) is 11.9. The summed E-state index contributed by atoms with van der Waals surface area (Å²) in [4.78, 5) is 12.4. The molecule has 2 rings (SSSR count). The number of nitrogens with zero attached hydrogens (tertiary/aromatic N) is 2. The van der Waals surface area contributed by atoms with E-state index in [9.17, 15) is 18.5 Å². The van der Waals surface area contributed by atoms with Crippen molar-refractivity contribution in [3.8, 4) is 0 Å². The Labute approximate surface area is 123 Å². The van der Waals surface area contributed by atoms with Gasteiger partial charge >= 0.3 is 0 Å². The lowest BCUT2D eigenvalue weighted by atomic mass is 10.3. The lowest BCUT2D eigenvalue weighted by Gasteiger charge is -2.14. The monoisotopic (exact) mass is 314 g/mol. The summed E-state index contributed by atoms with van der Waals surface area (Å²) in [6.45, 7) is 1.50. The number of benzene rings is 1. The van der Waals surface area contributed by atoms with Crippen LogP contribution in [0.1, 0.15) is 6.42 Å². The maximum absolute atomic E-state index is 12.3. The Kier molecular flexibility index (Phi) is 4.45. The minimum Gasteiger partial charge on any atom is -0.383 e. The molecule has 116 valence electrons. The van der Waals surface area contributed by atoms with Gasteiger partial charge in [0.2, 0.25) is 10.0 Å². The molecule has 1 saturated heterocycles. The van der Waals surface area contributed by atoms with E-state index in [0.717, 1.165) is 13.0 Å². The Morgan fingerprint density at radius 3 is 2.67 bits per heavy atom. The summed E-state index contributed by atoms with van der Waals surface area (Å²) >= 11 is 0. The van der Waals surface area contributed by atoms with Gasteiger partial charge in [-0.15, -0.1) is 0 Å². The molecule has 1 aromatic carbocycles. The Balaban J connectivity index is 2.26. The second kappa shape index (κ2) is 5.96. The number of anilines is 1. The molecule has 21 heavy (non-hydrogen) atoms. The molecule has 1 unspecified atom stereocenters. The molecular weight excluding hydrogens is 296 g/mol. The van der Waals surface area contributed by atoms with Crippen LogP contribution in [0.5, 0.6) is 0 Å². The summed E-state index contributed by atoms with van der Waals surface area (Å²) < 4.78 is 27.3. The van der Waals surface area contributed by atoms with Crippen LogP contribution in [0, 0.1) is 10.1 Å². The minimum atomic E-state index is -3.68. The van der Waals surface area contributed by atoms with Crippen LogP contribution in [-0.4, -0.2) is 51.5 Å². The normalized spacial score (nSPS) is 19.6. The molecule has 1 atom stereocenters. The Hall–Kier alpha value is -1.71. The van der Waals surface area contributed by atoms with Crippen molar-refractivity contribution in [2.45, 2.75) is 17.4 Å². The first-order valence-corrected chi connectivity index (χ1v) is 7.99. The summed E-state index contributed by atoms with van der Waals surface area (Å²) in [5, 5.41) is 13.5. The van der Waals surface area contributed by atoms with Crippen LogP contribution in [0.25, 0.3) is 0 Å². The second-order valence-electron chi connectivity index (χ2n) is 5.06. The molecule has 0 bridgehead atoms. The van der Waals surface area contributed by atoms with E-state index in [2.05, 4.69) is 10.0 Å². The second-order valence-corrected chi connectivity index (χ2v) is 6.77. The predicted molar refractivity (Wildman–Crippen MR) is 78.9 cm³/mol. The van der Waals surface area contributed by atoms with Gasteiger partial charge in [-0.1, -0.05) is 0 Å². The van der Waals surface area contributed by atoms with Crippen molar-refractivity contribution in [3.63, 3.8) is 0 Å². The van der Waals surface area contributed by atoms with Gasteiger partial charge in [0.15, 0.2) is 0 Å². The zero-order chi connectivity index (χ0) is 15.6. The fourth-order valence-corrected chi connectivity index (χ4v) is 3.65. The molecule has 0 radical (unpaired) electrons. The number of nitro groups is 1. The molecule has 1 fully saturated rings. The number of hydrogen-bond donors (Lipinski definition) is 2. The van der Waals surface area contributed by atoms with Gasteiger partial charge in [-0.05, 0) is 32.1 Å². The molecule has 0 amide bonds. The first kappa shape index (κ1) is 15.7. The Morgan fingerprint density at radius 1 is 1.43 bits per heavy atom. The van der Waals surface area contributed by atoms with Crippen molar-refractivity contribution in [3.05, 3.63) is 28.3 Å². The van der Waals surface area contributed by atoms with Gasteiger partial charge in [0.1, 0.15) is 5.69 Å². The minimum absolute atomic E-state index is 0.0204. The smallest absolute Gasteiger partial charge is 0.292 e. The van der Waals surface area contributed by atoms with Crippen molar-refractivity contribution in [1.82, 2.24) is 9.62 Å². The molecule has 1 aliphatic heterocycles. The fraction of sp³-hybridized carbons (Fsp3) is 0.500. The molecule has 1 aromatic rings. The third-order valence-corrected chi connectivity index (χ3v) is 4.98. The summed E-state index contributed by atoms with van der Waals surface area (Å²) in [5.41, 5.74) is 0.0171. The van der Waals surface area contributed by atoms with Gasteiger partial charge in [0.25, 0.3) is 5.69 Å². The van der Waals surface area contributed by atoms with Gasteiger partial charge in [-0.3, -0.25) is 10.1 Å². The van der Waals surface area contributed by atoms with Gasteiger partial charge in [-0.2, -0.15) is 0 Å². The molecule has 8 nitrogen and oxygen atoms in total. The number of likely N-dealkylation sites (tertiary alicyclic amines) is 1. The van der Waals surface area contributed by atoms with E-state index in [1.54, 1.807) is 0 Å². The number of hydrogen-bond acceptors (Lipinski definition) is 6. The summed E-state index contributed by atoms with van der Waals surface area (Å²) in [7, 11) is -0.240. The number of nitrogens with one attached hydrogen (secondary N) is 2. The third kappa shape index (κ3) is 3.49. The topological polar surface area (TPSA) is 105 Å². The highest BCUT2D eigenvalue weighted by molar-refractivity contribution is 7.89. The molecule has 2 N–H and O–H groups in total. The summed E-state index contributed by atoms with van der Waals surface area (Å²) in [6.07, 6.45) is 0.752. The van der Waals surface area contributed by atoms with E-state index < -0.39 is 14.9 Å².